The Morgan fingerprint density at radius 3 is 2.08 bits per heavy atom. The highest BCUT2D eigenvalue weighted by Gasteiger charge is 2.39. The first-order valence-electron chi connectivity index (χ1n) is 14.1. The number of ether oxygens (including phenoxy) is 1. The van der Waals surface area contributed by atoms with Crippen molar-refractivity contribution in [2.75, 3.05) is 19.6 Å². The molecule has 1 fully saturated rings. The van der Waals surface area contributed by atoms with E-state index in [2.05, 4.69) is 21.8 Å². The number of hydrogen-bond donors (Lipinski definition) is 5. The molecule has 4 rings (SSSR count). The van der Waals surface area contributed by atoms with Gasteiger partial charge < -0.3 is 25.2 Å². The molecule has 0 aliphatic carbocycles. The molecule has 0 spiro atoms. The smallest absolute Gasteiger partial charge is 0.489 e. The molecule has 49 heavy (non-hydrogen) atoms. The van der Waals surface area contributed by atoms with E-state index in [0.29, 0.717) is 31.0 Å². The number of para-hydroxylation sites is 1. The number of aromatic nitrogens is 1. The van der Waals surface area contributed by atoms with Gasteiger partial charge in [0.2, 0.25) is 5.91 Å². The number of halogens is 6. The standard InChI is InChI=1S/C27H30N4O4.2C2HF3O2/c1-3-4-13-31-15-23(27(33)30-34)25(16-31)29-26(32)19-9-11-21(12-10-19)35-17-20-14-18(2)28-24-8-6-5-7-22(20)24;2*3-2(4,5)1(6)7/h3,5-12,14,23,25,34H,1,4,13,15-17H2,2H3,(H,29,32)(H,30,33);2*(H,6,7)/t23-,25+;;/m0../s1. The fraction of sp³-hybridized carbons (Fsp3) is 0.323. The van der Waals surface area contributed by atoms with E-state index >= 15 is 0 Å². The van der Waals surface area contributed by atoms with E-state index in [0.717, 1.165) is 35.1 Å². The van der Waals surface area contributed by atoms with Gasteiger partial charge in [0.15, 0.2) is 0 Å². The number of alkyl halides is 6. The maximum atomic E-state index is 12.9. The van der Waals surface area contributed by atoms with Crippen molar-refractivity contribution in [1.29, 1.82) is 0 Å². The number of pyridine rings is 1. The average Bonchev–Trinajstić information content (AvgIpc) is 3.44. The second kappa shape index (κ2) is 17.8. The van der Waals surface area contributed by atoms with E-state index in [1.54, 1.807) is 29.7 Å². The van der Waals surface area contributed by atoms with E-state index in [1.807, 2.05) is 43.3 Å². The number of carbonyl (C=O) groups is 4. The molecule has 0 unspecified atom stereocenters. The molecular formula is C31H32F6N4O8. The van der Waals surface area contributed by atoms with Crippen LogP contribution in [0, 0.1) is 12.8 Å². The zero-order valence-electron chi connectivity index (χ0n) is 25.7. The summed E-state index contributed by atoms with van der Waals surface area (Å²) in [5.41, 5.74) is 5.09. The Morgan fingerprint density at radius 1 is 0.980 bits per heavy atom. The van der Waals surface area contributed by atoms with E-state index in [-0.39, 0.29) is 5.91 Å². The molecule has 266 valence electrons. The van der Waals surface area contributed by atoms with Gasteiger partial charge in [0.1, 0.15) is 12.4 Å². The third-order valence-corrected chi connectivity index (χ3v) is 6.73. The van der Waals surface area contributed by atoms with Gasteiger partial charge in [-0.2, -0.15) is 26.3 Å². The number of carbonyl (C=O) groups excluding carboxylic acids is 2. The maximum absolute atomic E-state index is 12.9. The number of amides is 2. The largest absolute Gasteiger partial charge is 0.490 e. The number of aryl methyl sites for hydroxylation is 1. The molecular weight excluding hydrogens is 670 g/mol. The third-order valence-electron chi connectivity index (χ3n) is 6.73. The normalized spacial score (nSPS) is 15.9. The molecule has 1 aromatic heterocycles. The summed E-state index contributed by atoms with van der Waals surface area (Å²) in [5.74, 6) is -6.18. The van der Waals surface area contributed by atoms with Crippen LogP contribution in [0.4, 0.5) is 26.3 Å². The van der Waals surface area contributed by atoms with Crippen LogP contribution in [-0.4, -0.2) is 87.1 Å². The number of hydrogen-bond acceptors (Lipinski definition) is 8. The van der Waals surface area contributed by atoms with Crippen molar-refractivity contribution in [2.24, 2.45) is 5.92 Å². The minimum atomic E-state index is -5.08. The number of carboxylic acid groups (broad SMARTS) is 2. The molecule has 0 bridgehead atoms. The summed E-state index contributed by atoms with van der Waals surface area (Å²) in [5, 5.41) is 27.3. The molecule has 2 aromatic carbocycles. The van der Waals surface area contributed by atoms with Gasteiger partial charge in [-0.05, 0) is 49.7 Å². The number of rotatable bonds is 9. The quantitative estimate of drug-likeness (QED) is 0.0923. The molecule has 5 N–H and O–H groups in total. The maximum Gasteiger partial charge on any atom is 0.490 e. The van der Waals surface area contributed by atoms with Crippen molar-refractivity contribution in [2.45, 2.75) is 38.3 Å². The number of benzene rings is 2. The highest BCUT2D eigenvalue weighted by atomic mass is 19.4. The summed E-state index contributed by atoms with van der Waals surface area (Å²) in [7, 11) is 0. The first-order valence-corrected chi connectivity index (χ1v) is 14.1. The summed E-state index contributed by atoms with van der Waals surface area (Å²) < 4.78 is 69.5. The first kappa shape index (κ1) is 39.9. The zero-order valence-corrected chi connectivity index (χ0v) is 25.7. The molecule has 2 atom stereocenters. The van der Waals surface area contributed by atoms with Gasteiger partial charge in [0, 0.05) is 41.8 Å². The highest BCUT2D eigenvalue weighted by Crippen LogP contribution is 2.22. The number of nitrogens with zero attached hydrogens (tertiary/aromatic N) is 2. The monoisotopic (exact) mass is 702 g/mol. The molecule has 18 heteroatoms. The molecule has 2 amide bonds. The van der Waals surface area contributed by atoms with Crippen LogP contribution in [0.1, 0.15) is 28.0 Å². The molecule has 2 heterocycles. The van der Waals surface area contributed by atoms with Crippen LogP contribution in [0.15, 0.2) is 67.3 Å². The number of aliphatic carboxylic acids is 2. The highest BCUT2D eigenvalue weighted by molar-refractivity contribution is 5.95. The number of hydroxylamine groups is 1. The minimum absolute atomic E-state index is 0.279. The summed E-state index contributed by atoms with van der Waals surface area (Å²) in [6.07, 6.45) is -7.57. The Labute approximate surface area is 274 Å². The molecule has 1 aliphatic rings. The number of carboxylic acids is 2. The van der Waals surface area contributed by atoms with Crippen LogP contribution in [-0.2, 0) is 21.0 Å². The Hall–Kier alpha value is -5.23. The molecule has 3 aromatic rings. The topological polar surface area (TPSA) is 178 Å². The van der Waals surface area contributed by atoms with Gasteiger partial charge in [0.05, 0.1) is 17.5 Å². The lowest BCUT2D eigenvalue weighted by molar-refractivity contribution is -0.193. The summed E-state index contributed by atoms with van der Waals surface area (Å²) in [6.45, 7) is 7.79. The van der Waals surface area contributed by atoms with Crippen molar-refractivity contribution < 1.29 is 65.7 Å². The number of nitrogens with one attached hydrogen (secondary N) is 2. The second-order valence-corrected chi connectivity index (χ2v) is 10.4. The lowest BCUT2D eigenvalue weighted by Crippen LogP contribution is -2.45. The summed E-state index contributed by atoms with van der Waals surface area (Å²) in [6, 6.07) is 16.5. The van der Waals surface area contributed by atoms with Crippen LogP contribution in [0.3, 0.4) is 0 Å². The van der Waals surface area contributed by atoms with Crippen LogP contribution >= 0.6 is 0 Å². The van der Waals surface area contributed by atoms with E-state index < -0.39 is 42.2 Å². The van der Waals surface area contributed by atoms with Crippen LogP contribution < -0.4 is 15.5 Å². The summed E-state index contributed by atoms with van der Waals surface area (Å²) in [4.78, 5) is 49.4. The number of likely N-dealkylation sites (tertiary alicyclic amines) is 1. The SMILES string of the molecule is C=CCCN1C[C@H](C(=O)NO)[C@H](NC(=O)c2ccc(OCc3cc(C)nc4ccccc34)cc2)C1.O=C(O)C(F)(F)F.O=C(O)C(F)(F)F. The van der Waals surface area contributed by atoms with E-state index in [4.69, 9.17) is 29.7 Å². The van der Waals surface area contributed by atoms with Crippen LogP contribution in [0.2, 0.25) is 0 Å². The fourth-order valence-electron chi connectivity index (χ4n) is 4.47. The Morgan fingerprint density at radius 2 is 1.55 bits per heavy atom. The van der Waals surface area contributed by atoms with Crippen LogP contribution in [0.5, 0.6) is 5.75 Å². The van der Waals surface area contributed by atoms with E-state index in [1.165, 1.54) is 0 Å². The number of fused-ring (bicyclic) bond motifs is 1. The van der Waals surface area contributed by atoms with Gasteiger partial charge in [-0.3, -0.25) is 19.8 Å². The molecule has 0 saturated carbocycles. The molecule has 0 radical (unpaired) electrons. The lowest BCUT2D eigenvalue weighted by atomic mass is 10.0. The van der Waals surface area contributed by atoms with Crippen molar-refractivity contribution in [3.8, 4) is 5.75 Å². The Balaban J connectivity index is 0.000000500. The predicted octanol–water partition coefficient (Wildman–Crippen LogP) is 4.50. The van der Waals surface area contributed by atoms with Gasteiger partial charge in [-0.1, -0.05) is 24.3 Å². The molecule has 1 aliphatic heterocycles. The summed E-state index contributed by atoms with van der Waals surface area (Å²) >= 11 is 0. The van der Waals surface area contributed by atoms with Crippen molar-refractivity contribution >= 4 is 34.7 Å². The Bertz CT molecular complexity index is 1590. The van der Waals surface area contributed by atoms with Crippen molar-refractivity contribution in [1.82, 2.24) is 20.7 Å². The molecule has 12 nitrogen and oxygen atoms in total. The van der Waals surface area contributed by atoms with Gasteiger partial charge in [-0.25, -0.2) is 15.1 Å². The van der Waals surface area contributed by atoms with Crippen molar-refractivity contribution in [3.63, 3.8) is 0 Å². The predicted molar refractivity (Wildman–Crippen MR) is 161 cm³/mol. The third kappa shape index (κ3) is 12.7. The first-order chi connectivity index (χ1) is 22.9. The van der Waals surface area contributed by atoms with Gasteiger partial charge in [-0.15, -0.1) is 6.58 Å². The van der Waals surface area contributed by atoms with Crippen LogP contribution in [0.25, 0.3) is 10.9 Å². The molecule has 1 saturated heterocycles. The second-order valence-electron chi connectivity index (χ2n) is 10.4. The Kier molecular flexibility index (Phi) is 14.5. The minimum Gasteiger partial charge on any atom is -0.489 e. The van der Waals surface area contributed by atoms with Gasteiger partial charge in [0.25, 0.3) is 5.91 Å². The lowest BCUT2D eigenvalue weighted by Gasteiger charge is -2.18. The van der Waals surface area contributed by atoms with E-state index in [9.17, 15) is 35.9 Å². The zero-order chi connectivity index (χ0) is 36.9. The van der Waals surface area contributed by atoms with Gasteiger partial charge >= 0.3 is 24.3 Å². The fourth-order valence-corrected chi connectivity index (χ4v) is 4.47. The average molecular weight is 703 g/mol. The van der Waals surface area contributed by atoms with Crippen molar-refractivity contribution in [3.05, 3.63) is 84.1 Å².